The molecule has 178 valence electrons. The Morgan fingerprint density at radius 1 is 0.848 bits per heavy atom. The molecule has 1 N–H and O–H groups in total. The van der Waals surface area contributed by atoms with Gasteiger partial charge < -0.3 is 14.6 Å². The van der Waals surface area contributed by atoms with Crippen LogP contribution in [-0.4, -0.2) is 35.7 Å². The van der Waals surface area contributed by atoms with Crippen molar-refractivity contribution in [3.8, 4) is 5.75 Å². The van der Waals surface area contributed by atoms with E-state index in [0.717, 1.165) is 44.1 Å². The first-order valence-corrected chi connectivity index (χ1v) is 11.7. The molecule has 0 aliphatic heterocycles. The summed E-state index contributed by atoms with van der Waals surface area (Å²) in [7, 11) is 0. The number of aliphatic hydroxyl groups excluding tert-OH is 1. The molecule has 2 rings (SSSR count). The number of Topliss-reactive ketones (excluding diaryl/α,β-unsaturated/α-hetero) is 1. The standard InChI is InChI=1S/C28H36O5/c1-28(2,3)33-27(31)25(21-22-13-9-8-10-14-22)26(30)23-15-17-24(18-16-23)32-20-12-7-5-4-6-11-19-29/h8-10,13-18,21,29H,4-7,11-12,19-20H2,1-3H3. The van der Waals surface area contributed by atoms with Crippen molar-refractivity contribution in [1.29, 1.82) is 0 Å². The smallest absolute Gasteiger partial charge is 0.342 e. The third-order valence-electron chi connectivity index (χ3n) is 4.91. The lowest BCUT2D eigenvalue weighted by molar-refractivity contribution is -0.149. The molecule has 0 fully saturated rings. The average Bonchev–Trinajstić information content (AvgIpc) is 2.79. The lowest BCUT2D eigenvalue weighted by atomic mass is 10.0. The summed E-state index contributed by atoms with van der Waals surface area (Å²) >= 11 is 0. The molecule has 0 bridgehead atoms. The van der Waals surface area contributed by atoms with Crippen molar-refractivity contribution in [3.05, 3.63) is 71.3 Å². The Labute approximate surface area is 197 Å². The molecule has 0 saturated heterocycles. The average molecular weight is 453 g/mol. The molecular weight excluding hydrogens is 416 g/mol. The molecule has 33 heavy (non-hydrogen) atoms. The van der Waals surface area contributed by atoms with E-state index in [1.54, 1.807) is 51.1 Å². The molecule has 2 aromatic carbocycles. The van der Waals surface area contributed by atoms with E-state index in [4.69, 9.17) is 14.6 Å². The molecule has 0 aliphatic rings. The number of carbonyl (C=O) groups is 2. The van der Waals surface area contributed by atoms with Crippen molar-refractivity contribution < 1.29 is 24.2 Å². The number of hydrogen-bond acceptors (Lipinski definition) is 5. The molecule has 0 aliphatic carbocycles. The monoisotopic (exact) mass is 452 g/mol. The first kappa shape index (κ1) is 26.3. The van der Waals surface area contributed by atoms with Crippen LogP contribution in [0.15, 0.2) is 60.2 Å². The number of unbranched alkanes of at least 4 members (excludes halogenated alkanes) is 5. The van der Waals surface area contributed by atoms with E-state index >= 15 is 0 Å². The van der Waals surface area contributed by atoms with Crippen LogP contribution in [0, 0.1) is 0 Å². The van der Waals surface area contributed by atoms with Crippen molar-refractivity contribution in [3.63, 3.8) is 0 Å². The third kappa shape index (κ3) is 10.0. The van der Waals surface area contributed by atoms with Gasteiger partial charge in [-0.2, -0.15) is 0 Å². The molecule has 5 heteroatoms. The predicted molar refractivity (Wildman–Crippen MR) is 131 cm³/mol. The van der Waals surface area contributed by atoms with E-state index in [1.165, 1.54) is 0 Å². The largest absolute Gasteiger partial charge is 0.494 e. The molecule has 0 atom stereocenters. The van der Waals surface area contributed by atoms with Crippen LogP contribution in [0.5, 0.6) is 5.75 Å². The molecule has 2 aromatic rings. The molecule has 0 aromatic heterocycles. The summed E-state index contributed by atoms with van der Waals surface area (Å²) in [5, 5.41) is 8.79. The van der Waals surface area contributed by atoms with E-state index in [9.17, 15) is 9.59 Å². The van der Waals surface area contributed by atoms with Gasteiger partial charge in [0.25, 0.3) is 0 Å². The van der Waals surface area contributed by atoms with Gasteiger partial charge >= 0.3 is 5.97 Å². The fourth-order valence-corrected chi connectivity index (χ4v) is 3.24. The molecular formula is C28H36O5. The van der Waals surface area contributed by atoms with Gasteiger partial charge in [-0.25, -0.2) is 4.79 Å². The highest BCUT2D eigenvalue weighted by Gasteiger charge is 2.25. The number of benzene rings is 2. The SMILES string of the molecule is CC(C)(C)OC(=O)C(=Cc1ccccc1)C(=O)c1ccc(OCCCCCCCCO)cc1. The minimum Gasteiger partial charge on any atom is -0.494 e. The molecule has 5 nitrogen and oxygen atoms in total. The Hall–Kier alpha value is -2.92. The Kier molecular flexibility index (Phi) is 10.8. The summed E-state index contributed by atoms with van der Waals surface area (Å²) in [5.41, 5.74) is 0.442. The maximum absolute atomic E-state index is 13.2. The van der Waals surface area contributed by atoms with Crippen LogP contribution in [0.3, 0.4) is 0 Å². The fraction of sp³-hybridized carbons (Fsp3) is 0.429. The summed E-state index contributed by atoms with van der Waals surface area (Å²) in [6.07, 6.45) is 7.83. The van der Waals surface area contributed by atoms with Crippen LogP contribution in [0.25, 0.3) is 6.08 Å². The zero-order valence-electron chi connectivity index (χ0n) is 20.0. The second kappa shape index (κ2) is 13.6. The Bertz CT molecular complexity index is 892. The van der Waals surface area contributed by atoms with Crippen molar-refractivity contribution >= 4 is 17.8 Å². The van der Waals surface area contributed by atoms with Gasteiger partial charge in [0, 0.05) is 12.2 Å². The van der Waals surface area contributed by atoms with Gasteiger partial charge in [-0.1, -0.05) is 56.0 Å². The quantitative estimate of drug-likeness (QED) is 0.101. The van der Waals surface area contributed by atoms with Crippen molar-refractivity contribution in [2.24, 2.45) is 0 Å². The topological polar surface area (TPSA) is 72.8 Å². The van der Waals surface area contributed by atoms with Crippen molar-refractivity contribution in [2.75, 3.05) is 13.2 Å². The predicted octanol–water partition coefficient (Wildman–Crippen LogP) is 6.01. The van der Waals surface area contributed by atoms with Crippen molar-refractivity contribution in [1.82, 2.24) is 0 Å². The van der Waals surface area contributed by atoms with E-state index in [0.29, 0.717) is 17.9 Å². The summed E-state index contributed by atoms with van der Waals surface area (Å²) in [6, 6.07) is 16.1. The summed E-state index contributed by atoms with van der Waals surface area (Å²) in [4.78, 5) is 26.0. The maximum Gasteiger partial charge on any atom is 0.342 e. The molecule has 0 unspecified atom stereocenters. The van der Waals surface area contributed by atoms with Gasteiger partial charge in [-0.15, -0.1) is 0 Å². The summed E-state index contributed by atoms with van der Waals surface area (Å²) in [5.74, 6) is -0.337. The Morgan fingerprint density at radius 2 is 1.45 bits per heavy atom. The van der Waals surface area contributed by atoms with Crippen LogP contribution < -0.4 is 4.74 Å². The first-order valence-electron chi connectivity index (χ1n) is 11.7. The second-order valence-electron chi connectivity index (χ2n) is 9.02. The van der Waals surface area contributed by atoms with Gasteiger partial charge in [0.1, 0.15) is 16.9 Å². The maximum atomic E-state index is 13.2. The van der Waals surface area contributed by atoms with Gasteiger partial charge in [0.2, 0.25) is 0 Å². The number of carbonyl (C=O) groups excluding carboxylic acids is 2. The number of esters is 1. The highest BCUT2D eigenvalue weighted by atomic mass is 16.6. The Balaban J connectivity index is 2.00. The fourth-order valence-electron chi connectivity index (χ4n) is 3.24. The van der Waals surface area contributed by atoms with Gasteiger partial charge in [-0.3, -0.25) is 4.79 Å². The highest BCUT2D eigenvalue weighted by molar-refractivity contribution is 6.27. The van der Waals surface area contributed by atoms with Crippen LogP contribution in [0.1, 0.15) is 75.2 Å². The minimum atomic E-state index is -0.705. The molecule has 0 amide bonds. The van der Waals surface area contributed by atoms with Crippen molar-refractivity contribution in [2.45, 2.75) is 64.9 Å². The van der Waals surface area contributed by atoms with E-state index in [-0.39, 0.29) is 18.0 Å². The molecule has 0 saturated carbocycles. The minimum absolute atomic E-state index is 0.00834. The summed E-state index contributed by atoms with van der Waals surface area (Å²) in [6.45, 7) is 6.21. The molecule has 0 heterocycles. The number of ether oxygens (including phenoxy) is 2. The first-order chi connectivity index (χ1) is 15.8. The van der Waals surface area contributed by atoms with E-state index < -0.39 is 11.6 Å². The van der Waals surface area contributed by atoms with Crippen LogP contribution in [0.2, 0.25) is 0 Å². The van der Waals surface area contributed by atoms with Crippen LogP contribution in [0.4, 0.5) is 0 Å². The Morgan fingerprint density at radius 3 is 2.06 bits per heavy atom. The lowest BCUT2D eigenvalue weighted by Gasteiger charge is -2.20. The van der Waals surface area contributed by atoms with Crippen LogP contribution >= 0.6 is 0 Å². The van der Waals surface area contributed by atoms with Gasteiger partial charge in [0.05, 0.1) is 6.61 Å². The summed E-state index contributed by atoms with van der Waals surface area (Å²) < 4.78 is 11.3. The molecule has 0 spiro atoms. The van der Waals surface area contributed by atoms with Gasteiger partial charge in [0.15, 0.2) is 5.78 Å². The normalized spacial score (nSPS) is 11.8. The zero-order valence-corrected chi connectivity index (χ0v) is 20.0. The van der Waals surface area contributed by atoms with Crippen LogP contribution in [-0.2, 0) is 9.53 Å². The molecule has 0 radical (unpaired) electrons. The van der Waals surface area contributed by atoms with E-state index in [2.05, 4.69) is 0 Å². The van der Waals surface area contributed by atoms with E-state index in [1.807, 2.05) is 30.3 Å². The number of ketones is 1. The highest BCUT2D eigenvalue weighted by Crippen LogP contribution is 2.20. The lowest BCUT2D eigenvalue weighted by Crippen LogP contribution is -2.27. The third-order valence-corrected chi connectivity index (χ3v) is 4.91. The number of hydrogen-bond donors (Lipinski definition) is 1. The van der Waals surface area contributed by atoms with Gasteiger partial charge in [-0.05, 0) is 69.5 Å². The second-order valence-corrected chi connectivity index (χ2v) is 9.02. The number of rotatable bonds is 13. The number of aliphatic hydroxyl groups is 1. The zero-order chi connectivity index (χ0) is 24.1.